The summed E-state index contributed by atoms with van der Waals surface area (Å²) < 4.78 is 5.38. The van der Waals surface area contributed by atoms with E-state index in [1.54, 1.807) is 0 Å². The van der Waals surface area contributed by atoms with Crippen LogP contribution < -0.4 is 10.1 Å². The van der Waals surface area contributed by atoms with Crippen molar-refractivity contribution in [3.8, 4) is 5.75 Å². The Labute approximate surface area is 109 Å². The van der Waals surface area contributed by atoms with Gasteiger partial charge in [0.1, 0.15) is 5.75 Å². The van der Waals surface area contributed by atoms with Crippen LogP contribution in [-0.4, -0.2) is 24.3 Å². The summed E-state index contributed by atoms with van der Waals surface area (Å²) in [5, 5.41) is 13.5. The molecule has 1 aromatic rings. The molecular formula is C15H23NO2. The van der Waals surface area contributed by atoms with Crippen molar-refractivity contribution in [1.29, 1.82) is 0 Å². The van der Waals surface area contributed by atoms with Crippen LogP contribution in [0.3, 0.4) is 0 Å². The van der Waals surface area contributed by atoms with E-state index >= 15 is 0 Å². The minimum atomic E-state index is -0.429. The van der Waals surface area contributed by atoms with Gasteiger partial charge in [0.2, 0.25) is 0 Å². The van der Waals surface area contributed by atoms with Crippen molar-refractivity contribution in [2.75, 3.05) is 13.2 Å². The van der Waals surface area contributed by atoms with Gasteiger partial charge in [-0.25, -0.2) is 0 Å². The van der Waals surface area contributed by atoms with E-state index in [1.165, 1.54) is 25.7 Å². The highest BCUT2D eigenvalue weighted by molar-refractivity contribution is 5.28. The first-order chi connectivity index (χ1) is 8.79. The minimum absolute atomic E-state index is 0.429. The molecule has 2 rings (SSSR count). The summed E-state index contributed by atoms with van der Waals surface area (Å²) in [4.78, 5) is 0. The van der Waals surface area contributed by atoms with E-state index in [-0.39, 0.29) is 0 Å². The van der Waals surface area contributed by atoms with Gasteiger partial charge >= 0.3 is 0 Å². The third-order valence-corrected chi connectivity index (χ3v) is 3.53. The molecule has 1 unspecified atom stereocenters. The molecule has 1 aliphatic carbocycles. The Morgan fingerprint density at radius 1 is 1.28 bits per heavy atom. The average Bonchev–Trinajstić information content (AvgIpc) is 2.90. The van der Waals surface area contributed by atoms with Crippen LogP contribution in [0.15, 0.2) is 24.3 Å². The Morgan fingerprint density at radius 2 is 1.94 bits per heavy atom. The molecule has 1 atom stereocenters. The fourth-order valence-electron chi connectivity index (χ4n) is 2.48. The van der Waals surface area contributed by atoms with Gasteiger partial charge in [-0.3, -0.25) is 0 Å². The molecule has 3 nitrogen and oxygen atoms in total. The number of hydrogen-bond donors (Lipinski definition) is 2. The molecule has 0 radical (unpaired) electrons. The zero-order chi connectivity index (χ0) is 12.8. The molecule has 1 fully saturated rings. The molecule has 18 heavy (non-hydrogen) atoms. The summed E-state index contributed by atoms with van der Waals surface area (Å²) in [6, 6.07) is 8.30. The molecule has 1 aromatic carbocycles. The van der Waals surface area contributed by atoms with Gasteiger partial charge in [-0.1, -0.05) is 25.0 Å². The van der Waals surface area contributed by atoms with Crippen molar-refractivity contribution in [1.82, 2.24) is 5.32 Å². The van der Waals surface area contributed by atoms with E-state index in [0.29, 0.717) is 19.2 Å². The van der Waals surface area contributed by atoms with Crippen molar-refractivity contribution in [3.05, 3.63) is 29.8 Å². The van der Waals surface area contributed by atoms with Crippen LogP contribution in [0.25, 0.3) is 0 Å². The molecule has 0 amide bonds. The zero-order valence-electron chi connectivity index (χ0n) is 11.1. The number of aliphatic hydroxyl groups excluding tert-OH is 1. The zero-order valence-corrected chi connectivity index (χ0v) is 11.1. The van der Waals surface area contributed by atoms with Crippen LogP contribution in [0.4, 0.5) is 0 Å². The number of ether oxygens (including phenoxy) is 1. The first-order valence-corrected chi connectivity index (χ1v) is 6.94. The maximum atomic E-state index is 10.1. The van der Waals surface area contributed by atoms with Gasteiger partial charge in [-0.15, -0.1) is 0 Å². The second-order valence-corrected chi connectivity index (χ2v) is 4.91. The summed E-state index contributed by atoms with van der Waals surface area (Å²) in [7, 11) is 0. The smallest absolute Gasteiger partial charge is 0.119 e. The molecule has 0 spiro atoms. The first-order valence-electron chi connectivity index (χ1n) is 6.94. The molecule has 0 saturated heterocycles. The highest BCUT2D eigenvalue weighted by Crippen LogP contribution is 2.20. The Hall–Kier alpha value is -1.06. The van der Waals surface area contributed by atoms with Gasteiger partial charge in [-0.2, -0.15) is 0 Å². The maximum Gasteiger partial charge on any atom is 0.119 e. The van der Waals surface area contributed by atoms with Crippen molar-refractivity contribution < 1.29 is 9.84 Å². The molecular weight excluding hydrogens is 226 g/mol. The Kier molecular flexibility index (Phi) is 5.02. The van der Waals surface area contributed by atoms with Crippen molar-refractivity contribution in [2.45, 2.75) is 44.8 Å². The average molecular weight is 249 g/mol. The monoisotopic (exact) mass is 249 g/mol. The Bertz CT molecular complexity index is 344. The summed E-state index contributed by atoms with van der Waals surface area (Å²) in [5.41, 5.74) is 0.948. The van der Waals surface area contributed by atoms with Gasteiger partial charge in [0, 0.05) is 12.6 Å². The maximum absolute atomic E-state index is 10.1. The van der Waals surface area contributed by atoms with E-state index in [0.717, 1.165) is 11.3 Å². The third-order valence-electron chi connectivity index (χ3n) is 3.53. The number of nitrogens with one attached hydrogen (secondary N) is 1. The highest BCUT2D eigenvalue weighted by Gasteiger charge is 2.16. The molecule has 0 bridgehead atoms. The predicted octanol–water partition coefficient (Wildman–Crippen LogP) is 2.65. The van der Waals surface area contributed by atoms with Gasteiger partial charge in [-0.05, 0) is 37.5 Å². The second-order valence-electron chi connectivity index (χ2n) is 4.91. The van der Waals surface area contributed by atoms with Crippen molar-refractivity contribution in [3.63, 3.8) is 0 Å². The van der Waals surface area contributed by atoms with Gasteiger partial charge in [0.15, 0.2) is 0 Å². The molecule has 1 saturated carbocycles. The fourth-order valence-corrected chi connectivity index (χ4v) is 2.48. The molecule has 2 N–H and O–H groups in total. The number of aliphatic hydroxyl groups is 1. The first kappa shape index (κ1) is 13.4. The lowest BCUT2D eigenvalue weighted by atomic mass is 10.1. The van der Waals surface area contributed by atoms with Gasteiger partial charge < -0.3 is 15.2 Å². The lowest BCUT2D eigenvalue weighted by Gasteiger charge is -2.16. The lowest BCUT2D eigenvalue weighted by molar-refractivity contribution is 0.170. The molecule has 3 heteroatoms. The summed E-state index contributed by atoms with van der Waals surface area (Å²) in [6.45, 7) is 3.28. The number of hydrogen-bond acceptors (Lipinski definition) is 3. The van der Waals surface area contributed by atoms with Crippen LogP contribution in [-0.2, 0) is 0 Å². The van der Waals surface area contributed by atoms with Crippen LogP contribution in [0.2, 0.25) is 0 Å². The topological polar surface area (TPSA) is 41.5 Å². The van der Waals surface area contributed by atoms with Crippen molar-refractivity contribution in [2.24, 2.45) is 0 Å². The van der Waals surface area contributed by atoms with Crippen LogP contribution in [0.1, 0.15) is 44.3 Å². The highest BCUT2D eigenvalue weighted by atomic mass is 16.5. The molecule has 100 valence electrons. The van der Waals surface area contributed by atoms with Crippen LogP contribution in [0.5, 0.6) is 5.75 Å². The van der Waals surface area contributed by atoms with Gasteiger partial charge in [0.25, 0.3) is 0 Å². The Balaban J connectivity index is 1.81. The molecule has 1 aliphatic rings. The standard InChI is InChI=1S/C15H23NO2/c1-2-18-14-9-7-12(8-10-14)15(17)11-16-13-5-3-4-6-13/h7-10,13,15-17H,2-6,11H2,1H3. The number of benzene rings is 1. The largest absolute Gasteiger partial charge is 0.494 e. The quantitative estimate of drug-likeness (QED) is 0.814. The summed E-state index contributed by atoms with van der Waals surface area (Å²) in [6.07, 6.45) is 4.70. The Morgan fingerprint density at radius 3 is 2.56 bits per heavy atom. The molecule has 0 aliphatic heterocycles. The normalized spacial score (nSPS) is 17.9. The van der Waals surface area contributed by atoms with E-state index in [2.05, 4.69) is 5.32 Å². The van der Waals surface area contributed by atoms with E-state index in [1.807, 2.05) is 31.2 Å². The fraction of sp³-hybridized carbons (Fsp3) is 0.600. The minimum Gasteiger partial charge on any atom is -0.494 e. The summed E-state index contributed by atoms with van der Waals surface area (Å²) >= 11 is 0. The van der Waals surface area contributed by atoms with E-state index in [4.69, 9.17) is 4.74 Å². The molecule has 0 aromatic heterocycles. The van der Waals surface area contributed by atoms with E-state index in [9.17, 15) is 5.11 Å². The van der Waals surface area contributed by atoms with Crippen molar-refractivity contribution >= 4 is 0 Å². The predicted molar refractivity (Wildman–Crippen MR) is 72.8 cm³/mol. The van der Waals surface area contributed by atoms with Gasteiger partial charge in [0.05, 0.1) is 12.7 Å². The van der Waals surface area contributed by atoms with Crippen LogP contribution in [0, 0.1) is 0 Å². The molecule has 0 heterocycles. The number of rotatable bonds is 6. The van der Waals surface area contributed by atoms with Crippen LogP contribution >= 0.6 is 0 Å². The lowest BCUT2D eigenvalue weighted by Crippen LogP contribution is -2.30. The second kappa shape index (κ2) is 6.76. The SMILES string of the molecule is CCOc1ccc(C(O)CNC2CCCC2)cc1. The van der Waals surface area contributed by atoms with E-state index < -0.39 is 6.10 Å². The third kappa shape index (κ3) is 3.72. The summed E-state index contributed by atoms with van der Waals surface area (Å²) in [5.74, 6) is 0.859.